The molecule has 0 saturated carbocycles. The highest BCUT2D eigenvalue weighted by atomic mass is 79.9. The molecule has 33 heavy (non-hydrogen) atoms. The van der Waals surface area contributed by atoms with E-state index < -0.39 is 0 Å². The van der Waals surface area contributed by atoms with Gasteiger partial charge in [0.15, 0.2) is 0 Å². The maximum atomic E-state index is 4.44. The quantitative estimate of drug-likeness (QED) is 0.0772. The molecule has 1 unspecified atom stereocenters. The molecule has 0 saturated heterocycles. The molecule has 0 nitrogen and oxygen atoms in total. The van der Waals surface area contributed by atoms with E-state index in [9.17, 15) is 0 Å². The van der Waals surface area contributed by atoms with E-state index in [0.717, 1.165) is 0 Å². The monoisotopic (exact) mass is 528 g/mol. The number of rotatable bonds is 26. The predicted octanol–water partition coefficient (Wildman–Crippen LogP) is 13.0. The summed E-state index contributed by atoms with van der Waals surface area (Å²) in [4.78, 5) is 0. The molecule has 0 fully saturated rings. The number of hydrogen-bond donors (Lipinski definition) is 0. The second kappa shape index (κ2) is 22.9. The number of alkyl halides is 1. The number of hydrogen-bond acceptors (Lipinski definition) is 0. The zero-order chi connectivity index (χ0) is 24.7. The van der Waals surface area contributed by atoms with Gasteiger partial charge >= 0.3 is 0 Å². The SMILES string of the molecule is CCCCCCCCCCCCCCCCC(CC)(CCCC)C(Br)(CCCC)CCCC. The molecule has 0 aromatic rings. The predicted molar refractivity (Wildman–Crippen MR) is 158 cm³/mol. The van der Waals surface area contributed by atoms with E-state index in [-0.39, 0.29) is 0 Å². The summed E-state index contributed by atoms with van der Waals surface area (Å²) in [5.74, 6) is 0. The van der Waals surface area contributed by atoms with Crippen molar-refractivity contribution in [1.29, 1.82) is 0 Å². The fourth-order valence-electron chi connectivity index (χ4n) is 5.99. The standard InChI is InChI=1S/C32H65Br/c1-6-11-15-16-17-18-19-20-21-22-23-24-25-26-28-31(10-5,27-12-7-2)32(33,29-13-8-3)30-14-9-4/h6-30H2,1-5H3. The topological polar surface area (TPSA) is 0 Å². The highest BCUT2D eigenvalue weighted by Gasteiger charge is 2.46. The summed E-state index contributed by atoms with van der Waals surface area (Å²) < 4.78 is 0.368. The summed E-state index contributed by atoms with van der Waals surface area (Å²) in [5, 5.41) is 0. The van der Waals surface area contributed by atoms with Crippen LogP contribution in [-0.4, -0.2) is 4.32 Å². The molecular formula is C32H65Br. The van der Waals surface area contributed by atoms with Gasteiger partial charge in [-0.05, 0) is 37.5 Å². The van der Waals surface area contributed by atoms with Gasteiger partial charge < -0.3 is 0 Å². The lowest BCUT2D eigenvalue weighted by molar-refractivity contribution is 0.126. The summed E-state index contributed by atoms with van der Waals surface area (Å²) in [6.45, 7) is 11.9. The molecule has 0 amide bonds. The molecule has 0 aliphatic heterocycles. The Morgan fingerprint density at radius 1 is 0.364 bits per heavy atom. The largest absolute Gasteiger partial charge is 0.0847 e. The fraction of sp³-hybridized carbons (Fsp3) is 1.00. The van der Waals surface area contributed by atoms with Crippen molar-refractivity contribution in [1.82, 2.24) is 0 Å². The molecular weight excluding hydrogens is 464 g/mol. The first-order valence-electron chi connectivity index (χ1n) is 15.7. The lowest BCUT2D eigenvalue weighted by Crippen LogP contribution is -2.43. The van der Waals surface area contributed by atoms with Crippen LogP contribution < -0.4 is 0 Å². The van der Waals surface area contributed by atoms with Crippen LogP contribution in [0, 0.1) is 5.41 Å². The van der Waals surface area contributed by atoms with Gasteiger partial charge in [-0.1, -0.05) is 179 Å². The van der Waals surface area contributed by atoms with Crippen LogP contribution in [0.3, 0.4) is 0 Å². The Morgan fingerprint density at radius 2 is 0.667 bits per heavy atom. The van der Waals surface area contributed by atoms with Gasteiger partial charge in [0.25, 0.3) is 0 Å². The van der Waals surface area contributed by atoms with Gasteiger partial charge in [0.05, 0.1) is 0 Å². The Bertz CT molecular complexity index is 382. The summed E-state index contributed by atoms with van der Waals surface area (Å²) in [5.41, 5.74) is 0.504. The van der Waals surface area contributed by atoms with Crippen molar-refractivity contribution in [2.45, 2.75) is 199 Å². The zero-order valence-corrected chi connectivity index (χ0v) is 25.6. The van der Waals surface area contributed by atoms with Crippen LogP contribution in [0.1, 0.15) is 195 Å². The molecule has 1 atom stereocenters. The first-order chi connectivity index (χ1) is 16.1. The molecule has 0 radical (unpaired) electrons. The van der Waals surface area contributed by atoms with Crippen molar-refractivity contribution in [2.75, 3.05) is 0 Å². The second-order valence-corrected chi connectivity index (χ2v) is 12.8. The minimum atomic E-state index is 0.368. The molecule has 1 heteroatoms. The van der Waals surface area contributed by atoms with E-state index in [1.807, 2.05) is 0 Å². The molecule has 0 heterocycles. The van der Waals surface area contributed by atoms with E-state index >= 15 is 0 Å². The molecule has 0 bridgehead atoms. The third kappa shape index (κ3) is 15.3. The van der Waals surface area contributed by atoms with Gasteiger partial charge in [0.1, 0.15) is 0 Å². The van der Waals surface area contributed by atoms with Crippen molar-refractivity contribution in [3.63, 3.8) is 0 Å². The highest BCUT2D eigenvalue weighted by molar-refractivity contribution is 9.10. The van der Waals surface area contributed by atoms with Gasteiger partial charge in [-0.25, -0.2) is 0 Å². The van der Waals surface area contributed by atoms with E-state index in [2.05, 4.69) is 50.5 Å². The van der Waals surface area contributed by atoms with Crippen molar-refractivity contribution in [3.8, 4) is 0 Å². The molecule has 0 N–H and O–H groups in total. The summed E-state index contributed by atoms with van der Waals surface area (Å²) in [6.07, 6.45) is 35.5. The zero-order valence-electron chi connectivity index (χ0n) is 24.1. The van der Waals surface area contributed by atoms with Gasteiger partial charge in [-0.15, -0.1) is 0 Å². The summed E-state index contributed by atoms with van der Waals surface area (Å²) in [6, 6.07) is 0. The van der Waals surface area contributed by atoms with E-state index in [4.69, 9.17) is 0 Å². The smallest absolute Gasteiger partial charge is 0.0314 e. The van der Waals surface area contributed by atoms with Crippen LogP contribution in [0.5, 0.6) is 0 Å². The lowest BCUT2D eigenvalue weighted by atomic mass is 9.63. The van der Waals surface area contributed by atoms with E-state index in [1.165, 1.54) is 161 Å². The van der Waals surface area contributed by atoms with Crippen LogP contribution in [-0.2, 0) is 0 Å². The van der Waals surface area contributed by atoms with Gasteiger partial charge in [-0.3, -0.25) is 0 Å². The van der Waals surface area contributed by atoms with Crippen molar-refractivity contribution in [3.05, 3.63) is 0 Å². The van der Waals surface area contributed by atoms with Gasteiger partial charge in [0, 0.05) is 4.32 Å². The molecule has 200 valence electrons. The Balaban J connectivity index is 4.33. The highest BCUT2D eigenvalue weighted by Crippen LogP contribution is 2.54. The van der Waals surface area contributed by atoms with Crippen LogP contribution in [0.4, 0.5) is 0 Å². The molecule has 0 aromatic heterocycles. The lowest BCUT2D eigenvalue weighted by Gasteiger charge is -2.49. The van der Waals surface area contributed by atoms with Crippen LogP contribution in [0.25, 0.3) is 0 Å². The molecule has 0 spiro atoms. The molecule has 0 aromatic carbocycles. The van der Waals surface area contributed by atoms with E-state index in [0.29, 0.717) is 9.74 Å². The third-order valence-corrected chi connectivity index (χ3v) is 10.1. The number of unbranched alkanes of at least 4 members (excludes halogenated alkanes) is 16. The van der Waals surface area contributed by atoms with Crippen LogP contribution in [0.15, 0.2) is 0 Å². The first kappa shape index (κ1) is 33.5. The van der Waals surface area contributed by atoms with Crippen molar-refractivity contribution >= 4 is 15.9 Å². The number of halogens is 1. The Kier molecular flexibility index (Phi) is 23.2. The van der Waals surface area contributed by atoms with Gasteiger partial charge in [-0.2, -0.15) is 0 Å². The average Bonchev–Trinajstić information content (AvgIpc) is 2.83. The normalized spacial score (nSPS) is 14.0. The molecule has 0 aliphatic carbocycles. The first-order valence-corrected chi connectivity index (χ1v) is 16.5. The molecule has 0 rings (SSSR count). The Morgan fingerprint density at radius 3 is 1.03 bits per heavy atom. The Hall–Kier alpha value is 0.480. The minimum absolute atomic E-state index is 0.368. The maximum Gasteiger partial charge on any atom is 0.0314 e. The fourth-order valence-corrected chi connectivity index (χ4v) is 7.22. The van der Waals surface area contributed by atoms with Crippen molar-refractivity contribution < 1.29 is 0 Å². The van der Waals surface area contributed by atoms with Gasteiger partial charge in [0.2, 0.25) is 0 Å². The van der Waals surface area contributed by atoms with E-state index in [1.54, 1.807) is 0 Å². The average molecular weight is 530 g/mol. The van der Waals surface area contributed by atoms with Crippen LogP contribution in [0.2, 0.25) is 0 Å². The van der Waals surface area contributed by atoms with Crippen molar-refractivity contribution in [2.24, 2.45) is 5.41 Å². The summed E-state index contributed by atoms with van der Waals surface area (Å²) >= 11 is 4.44. The minimum Gasteiger partial charge on any atom is -0.0847 e. The third-order valence-electron chi connectivity index (χ3n) is 8.50. The second-order valence-electron chi connectivity index (χ2n) is 11.3. The molecule has 0 aliphatic rings. The summed E-state index contributed by atoms with van der Waals surface area (Å²) in [7, 11) is 0. The maximum absolute atomic E-state index is 4.44. The van der Waals surface area contributed by atoms with Crippen LogP contribution >= 0.6 is 15.9 Å². The Labute approximate surface area is 220 Å².